The third kappa shape index (κ3) is 5.47. The van der Waals surface area contributed by atoms with Gasteiger partial charge in [-0.1, -0.05) is 34.1 Å². The van der Waals surface area contributed by atoms with Crippen molar-refractivity contribution < 1.29 is 14.3 Å². The molecule has 1 amide bonds. The maximum Gasteiger partial charge on any atom is 0.268 e. The van der Waals surface area contributed by atoms with E-state index in [1.165, 1.54) is 24.5 Å². The van der Waals surface area contributed by atoms with Crippen LogP contribution >= 0.6 is 27.3 Å². The molecule has 0 saturated heterocycles. The third-order valence-corrected chi connectivity index (χ3v) is 5.59. The van der Waals surface area contributed by atoms with Crippen molar-refractivity contribution in [2.45, 2.75) is 6.42 Å². The molecule has 3 rings (SSSR count). The zero-order valence-corrected chi connectivity index (χ0v) is 18.7. The number of nitrogens with one attached hydrogen (secondary N) is 1. The van der Waals surface area contributed by atoms with E-state index in [1.807, 2.05) is 30.3 Å². The Balaban J connectivity index is 1.71. The molecule has 8 heteroatoms. The van der Waals surface area contributed by atoms with E-state index in [4.69, 9.17) is 9.47 Å². The maximum atomic E-state index is 12.5. The molecule has 1 N–H and O–H groups in total. The van der Waals surface area contributed by atoms with E-state index >= 15 is 0 Å². The van der Waals surface area contributed by atoms with Crippen LogP contribution in [0.4, 0.5) is 5.13 Å². The van der Waals surface area contributed by atoms with Crippen LogP contribution in [0.3, 0.4) is 0 Å². The number of nitriles is 1. The number of rotatable bonds is 7. The van der Waals surface area contributed by atoms with E-state index in [2.05, 4.69) is 26.2 Å². The predicted octanol–water partition coefficient (Wildman–Crippen LogP) is 5.06. The predicted molar refractivity (Wildman–Crippen MR) is 121 cm³/mol. The van der Waals surface area contributed by atoms with E-state index in [1.54, 1.807) is 31.5 Å². The number of amides is 1. The van der Waals surface area contributed by atoms with Crippen molar-refractivity contribution in [3.8, 4) is 17.6 Å². The molecule has 1 heterocycles. The Morgan fingerprint density at radius 2 is 1.93 bits per heavy atom. The minimum absolute atomic E-state index is 0.0353. The largest absolute Gasteiger partial charge is 0.493 e. The summed E-state index contributed by atoms with van der Waals surface area (Å²) in [4.78, 5) is 17.8. The normalized spacial score (nSPS) is 10.9. The van der Waals surface area contributed by atoms with Crippen LogP contribution < -0.4 is 14.8 Å². The topological polar surface area (TPSA) is 84.2 Å². The van der Waals surface area contributed by atoms with Gasteiger partial charge in [-0.2, -0.15) is 5.26 Å². The molecule has 0 fully saturated rings. The zero-order chi connectivity index (χ0) is 21.5. The lowest BCUT2D eigenvalue weighted by atomic mass is 10.1. The van der Waals surface area contributed by atoms with Gasteiger partial charge in [0.1, 0.15) is 11.6 Å². The van der Waals surface area contributed by atoms with Gasteiger partial charge in [0.25, 0.3) is 5.91 Å². The summed E-state index contributed by atoms with van der Waals surface area (Å²) in [7, 11) is 3.07. The molecule has 152 valence electrons. The van der Waals surface area contributed by atoms with Crippen LogP contribution in [0.15, 0.2) is 58.7 Å². The molecule has 1 aromatic heterocycles. The molecule has 0 radical (unpaired) electrons. The highest BCUT2D eigenvalue weighted by Crippen LogP contribution is 2.28. The fraction of sp³-hybridized carbons (Fsp3) is 0.136. The Kier molecular flexibility index (Phi) is 7.22. The first-order valence-corrected chi connectivity index (χ1v) is 10.5. The first-order valence-electron chi connectivity index (χ1n) is 8.86. The van der Waals surface area contributed by atoms with Crippen molar-refractivity contribution >= 4 is 44.4 Å². The Bertz CT molecular complexity index is 1120. The Labute approximate surface area is 186 Å². The number of benzene rings is 2. The fourth-order valence-electron chi connectivity index (χ4n) is 2.67. The SMILES string of the molecule is COc1ccc(/C=C(\C#N)C(=O)Nc2ncc(Cc3ccc(Br)cc3)s2)cc1OC. The molecule has 0 bridgehead atoms. The molecule has 6 nitrogen and oxygen atoms in total. The van der Waals surface area contributed by atoms with Crippen LogP contribution in [-0.4, -0.2) is 25.1 Å². The average molecular weight is 484 g/mol. The Morgan fingerprint density at radius 1 is 1.20 bits per heavy atom. The molecule has 30 heavy (non-hydrogen) atoms. The quantitative estimate of drug-likeness (QED) is 0.375. The van der Waals surface area contributed by atoms with E-state index in [0.29, 0.717) is 28.6 Å². The van der Waals surface area contributed by atoms with E-state index < -0.39 is 5.91 Å². The van der Waals surface area contributed by atoms with Gasteiger partial charge in [0, 0.05) is 22.0 Å². The number of hydrogen-bond donors (Lipinski definition) is 1. The second kappa shape index (κ2) is 10.1. The van der Waals surface area contributed by atoms with E-state index in [0.717, 1.165) is 14.9 Å². The van der Waals surface area contributed by atoms with E-state index in [9.17, 15) is 10.1 Å². The standard InChI is InChI=1S/C22H18BrN3O3S/c1-28-19-8-5-15(11-20(19)29-2)9-16(12-24)21(27)26-22-25-13-18(30-22)10-14-3-6-17(23)7-4-14/h3-9,11,13H,10H2,1-2H3,(H,25,26,27)/b16-9+. The molecule has 2 aromatic carbocycles. The van der Waals surface area contributed by atoms with Gasteiger partial charge >= 0.3 is 0 Å². The van der Waals surface area contributed by atoms with Crippen molar-refractivity contribution in [3.05, 3.63) is 74.7 Å². The average Bonchev–Trinajstić information content (AvgIpc) is 3.19. The molecule has 0 aliphatic rings. The number of thiazole rings is 1. The summed E-state index contributed by atoms with van der Waals surface area (Å²) in [5, 5.41) is 12.6. The lowest BCUT2D eigenvalue weighted by Gasteiger charge is -2.08. The van der Waals surface area contributed by atoms with Gasteiger partial charge in [0.05, 0.1) is 14.2 Å². The number of nitrogens with zero attached hydrogens (tertiary/aromatic N) is 2. The second-order valence-corrected chi connectivity index (χ2v) is 8.20. The minimum Gasteiger partial charge on any atom is -0.493 e. The summed E-state index contributed by atoms with van der Waals surface area (Å²) < 4.78 is 11.5. The van der Waals surface area contributed by atoms with Crippen LogP contribution in [-0.2, 0) is 11.2 Å². The Hall–Kier alpha value is -3.15. The molecule has 0 unspecified atom stereocenters. The third-order valence-electron chi connectivity index (χ3n) is 4.15. The zero-order valence-electron chi connectivity index (χ0n) is 16.3. The summed E-state index contributed by atoms with van der Waals surface area (Å²) in [5.41, 5.74) is 1.76. The molecule has 0 saturated carbocycles. The van der Waals surface area contributed by atoms with Crippen LogP contribution in [0, 0.1) is 11.3 Å². The summed E-state index contributed by atoms with van der Waals surface area (Å²) >= 11 is 4.80. The van der Waals surface area contributed by atoms with Gasteiger partial charge in [0.2, 0.25) is 0 Å². The molecule has 3 aromatic rings. The highest BCUT2D eigenvalue weighted by atomic mass is 79.9. The molecular weight excluding hydrogens is 466 g/mol. The minimum atomic E-state index is -0.517. The number of halogens is 1. The number of methoxy groups -OCH3 is 2. The Morgan fingerprint density at radius 3 is 2.60 bits per heavy atom. The van der Waals surface area contributed by atoms with Crippen molar-refractivity contribution in [1.29, 1.82) is 5.26 Å². The lowest BCUT2D eigenvalue weighted by molar-refractivity contribution is -0.112. The summed E-state index contributed by atoms with van der Waals surface area (Å²) in [6, 6.07) is 15.1. The first-order chi connectivity index (χ1) is 14.5. The summed E-state index contributed by atoms with van der Waals surface area (Å²) in [6.07, 6.45) is 3.94. The van der Waals surface area contributed by atoms with Gasteiger partial charge in [0.15, 0.2) is 16.6 Å². The lowest BCUT2D eigenvalue weighted by Crippen LogP contribution is -2.13. The maximum absolute atomic E-state index is 12.5. The number of carbonyl (C=O) groups is 1. The summed E-state index contributed by atoms with van der Waals surface area (Å²) in [5.74, 6) is 0.567. The van der Waals surface area contributed by atoms with Crippen molar-refractivity contribution in [3.63, 3.8) is 0 Å². The van der Waals surface area contributed by atoms with E-state index in [-0.39, 0.29) is 5.57 Å². The fourth-order valence-corrected chi connectivity index (χ4v) is 3.78. The van der Waals surface area contributed by atoms with Crippen molar-refractivity contribution in [1.82, 2.24) is 4.98 Å². The van der Waals surface area contributed by atoms with Crippen LogP contribution in [0.5, 0.6) is 11.5 Å². The smallest absolute Gasteiger partial charge is 0.268 e. The molecule has 0 aliphatic heterocycles. The van der Waals surface area contributed by atoms with Crippen LogP contribution in [0.1, 0.15) is 16.0 Å². The monoisotopic (exact) mass is 483 g/mol. The summed E-state index contributed by atoms with van der Waals surface area (Å²) in [6.45, 7) is 0. The molecule has 0 atom stereocenters. The number of hydrogen-bond acceptors (Lipinski definition) is 6. The van der Waals surface area contributed by atoms with Gasteiger partial charge in [-0.25, -0.2) is 4.98 Å². The van der Waals surface area contributed by atoms with Gasteiger partial charge < -0.3 is 9.47 Å². The van der Waals surface area contributed by atoms with Crippen LogP contribution in [0.2, 0.25) is 0 Å². The second-order valence-electron chi connectivity index (χ2n) is 6.17. The van der Waals surface area contributed by atoms with Crippen molar-refractivity contribution in [2.75, 3.05) is 19.5 Å². The van der Waals surface area contributed by atoms with Gasteiger partial charge in [-0.15, -0.1) is 11.3 Å². The van der Waals surface area contributed by atoms with Crippen molar-refractivity contribution in [2.24, 2.45) is 0 Å². The number of aromatic nitrogens is 1. The first kappa shape index (κ1) is 21.6. The van der Waals surface area contributed by atoms with Crippen LogP contribution in [0.25, 0.3) is 6.08 Å². The number of anilines is 1. The highest BCUT2D eigenvalue weighted by molar-refractivity contribution is 9.10. The number of carbonyl (C=O) groups excluding carboxylic acids is 1. The van der Waals surface area contributed by atoms with Gasteiger partial charge in [-0.05, 0) is 41.5 Å². The molecule has 0 spiro atoms. The number of ether oxygens (including phenoxy) is 2. The van der Waals surface area contributed by atoms with Gasteiger partial charge in [-0.3, -0.25) is 10.1 Å². The molecule has 0 aliphatic carbocycles. The molecular formula is C22H18BrN3O3S. The highest BCUT2D eigenvalue weighted by Gasteiger charge is 2.13.